The van der Waals surface area contributed by atoms with Crippen LogP contribution in [0, 0.1) is 11.3 Å². The Kier molecular flexibility index (Phi) is 9.10. The number of pyridine rings is 1. The first-order valence-electron chi connectivity index (χ1n) is 12.4. The summed E-state index contributed by atoms with van der Waals surface area (Å²) in [7, 11) is 1.60. The van der Waals surface area contributed by atoms with E-state index in [1.807, 2.05) is 29.2 Å². The average Bonchev–Trinajstić information content (AvgIpc) is 3.46. The largest absolute Gasteiger partial charge is 0.480 e. The minimum Gasteiger partial charge on any atom is -0.480 e. The zero-order chi connectivity index (χ0) is 27.6. The van der Waals surface area contributed by atoms with Gasteiger partial charge in [-0.05, 0) is 43.2 Å². The molecule has 4 N–H and O–H groups in total. The zero-order valence-corrected chi connectivity index (χ0v) is 21.5. The van der Waals surface area contributed by atoms with Gasteiger partial charge in [0.15, 0.2) is 0 Å². The summed E-state index contributed by atoms with van der Waals surface area (Å²) >= 11 is 0. The number of carboxylic acid groups (broad SMARTS) is 1. The Labute approximate surface area is 225 Å². The molecular formula is C27H29N9O3. The zero-order valence-electron chi connectivity index (χ0n) is 21.5. The van der Waals surface area contributed by atoms with E-state index in [0.29, 0.717) is 66.2 Å². The molecule has 39 heavy (non-hydrogen) atoms. The van der Waals surface area contributed by atoms with E-state index in [1.165, 1.54) is 6.21 Å². The van der Waals surface area contributed by atoms with Crippen LogP contribution in [0.3, 0.4) is 0 Å². The standard InChI is InChI=1S/C27H29N9O3/c1-39-12-10-31-27-33-21(19-6-2-5-18(13-19)15-28)14-22(34-27)23(35-29)17-30-16-20-7-3-9-25(32-20)36-11-4-8-24(36)26(37)38/h2-3,5-7,9,13-14,17,24H,4,8,10-12,16,29H2,1H3,(H,37,38)(H,31,33,34)/b30-17?,35-23+/t24-/m1/s1. The molecule has 2 aromatic heterocycles. The molecule has 0 amide bonds. The molecule has 200 valence electrons. The first-order valence-corrected chi connectivity index (χ1v) is 12.4. The number of methoxy groups -OCH3 is 1. The van der Waals surface area contributed by atoms with E-state index in [1.54, 1.807) is 31.4 Å². The lowest BCUT2D eigenvalue weighted by Gasteiger charge is -2.22. The van der Waals surface area contributed by atoms with Gasteiger partial charge in [0.2, 0.25) is 5.95 Å². The highest BCUT2D eigenvalue weighted by Gasteiger charge is 2.31. The number of nitrogens with one attached hydrogen (secondary N) is 1. The molecule has 3 heterocycles. The number of hydrogen-bond acceptors (Lipinski definition) is 11. The number of hydrogen-bond donors (Lipinski definition) is 3. The molecule has 12 nitrogen and oxygen atoms in total. The Morgan fingerprint density at radius 1 is 1.28 bits per heavy atom. The summed E-state index contributed by atoms with van der Waals surface area (Å²) in [5.74, 6) is 5.84. The second-order valence-corrected chi connectivity index (χ2v) is 8.74. The van der Waals surface area contributed by atoms with Crippen molar-refractivity contribution in [3.63, 3.8) is 0 Å². The molecular weight excluding hydrogens is 498 g/mol. The molecule has 12 heteroatoms. The van der Waals surface area contributed by atoms with Gasteiger partial charge in [-0.3, -0.25) is 4.99 Å². The van der Waals surface area contributed by atoms with Gasteiger partial charge in [-0.25, -0.2) is 19.7 Å². The van der Waals surface area contributed by atoms with E-state index in [-0.39, 0.29) is 6.54 Å². The smallest absolute Gasteiger partial charge is 0.326 e. The maximum Gasteiger partial charge on any atom is 0.326 e. The number of rotatable bonds is 11. The normalized spacial score (nSPS) is 15.4. The lowest BCUT2D eigenvalue weighted by molar-refractivity contribution is -0.138. The molecule has 0 aliphatic carbocycles. The number of aromatic nitrogens is 3. The lowest BCUT2D eigenvalue weighted by atomic mass is 10.1. The first-order chi connectivity index (χ1) is 19.0. The van der Waals surface area contributed by atoms with E-state index in [0.717, 1.165) is 12.0 Å². The van der Waals surface area contributed by atoms with Crippen molar-refractivity contribution in [2.45, 2.75) is 25.4 Å². The molecule has 3 aromatic rings. The summed E-state index contributed by atoms with van der Waals surface area (Å²) in [6.45, 7) is 1.83. The highest BCUT2D eigenvalue weighted by Crippen LogP contribution is 2.24. The summed E-state index contributed by atoms with van der Waals surface area (Å²) in [6, 6.07) is 15.9. The van der Waals surface area contributed by atoms with Crippen LogP contribution in [0.25, 0.3) is 11.3 Å². The number of aliphatic imine (C=N–C) groups is 1. The average molecular weight is 528 g/mol. The number of hydrazone groups is 1. The molecule has 0 saturated carbocycles. The van der Waals surface area contributed by atoms with Crippen molar-refractivity contribution in [2.24, 2.45) is 15.9 Å². The van der Waals surface area contributed by atoms with Gasteiger partial charge in [0, 0.05) is 25.8 Å². The van der Waals surface area contributed by atoms with Gasteiger partial charge < -0.3 is 25.9 Å². The second kappa shape index (κ2) is 13.1. The molecule has 0 radical (unpaired) electrons. The number of anilines is 2. The molecule has 1 aliphatic heterocycles. The van der Waals surface area contributed by atoms with Crippen molar-refractivity contribution < 1.29 is 14.6 Å². The summed E-state index contributed by atoms with van der Waals surface area (Å²) < 4.78 is 5.10. The van der Waals surface area contributed by atoms with Gasteiger partial charge in [-0.2, -0.15) is 10.4 Å². The third-order valence-electron chi connectivity index (χ3n) is 6.10. The van der Waals surface area contributed by atoms with Gasteiger partial charge in [-0.15, -0.1) is 0 Å². The number of nitrogens with zero attached hydrogens (tertiary/aromatic N) is 7. The monoisotopic (exact) mass is 527 g/mol. The van der Waals surface area contributed by atoms with Crippen LogP contribution < -0.4 is 16.1 Å². The van der Waals surface area contributed by atoms with Crippen molar-refractivity contribution in [2.75, 3.05) is 37.0 Å². The Bertz CT molecular complexity index is 1420. The third kappa shape index (κ3) is 6.91. The van der Waals surface area contributed by atoms with Crippen LogP contribution in [0.2, 0.25) is 0 Å². The fourth-order valence-corrected chi connectivity index (χ4v) is 4.22. The SMILES string of the molecule is COCCNc1nc(/C(C=NCc2cccc(N3CCC[C@@H]3C(=O)O)n2)=N/N)cc(-c2cccc(C#N)c2)n1. The van der Waals surface area contributed by atoms with Crippen LogP contribution in [0.15, 0.2) is 58.6 Å². The van der Waals surface area contributed by atoms with Crippen molar-refractivity contribution in [3.05, 3.63) is 65.5 Å². The van der Waals surface area contributed by atoms with Gasteiger partial charge in [0.05, 0.1) is 48.1 Å². The summed E-state index contributed by atoms with van der Waals surface area (Å²) in [5.41, 5.74) is 3.27. The Hall–Kier alpha value is -4.89. The number of nitrogens with two attached hydrogens (primary N) is 1. The van der Waals surface area contributed by atoms with E-state index < -0.39 is 12.0 Å². The highest BCUT2D eigenvalue weighted by molar-refractivity contribution is 6.37. The van der Waals surface area contributed by atoms with E-state index in [4.69, 9.17) is 10.6 Å². The molecule has 1 saturated heterocycles. The molecule has 0 spiro atoms. The van der Waals surface area contributed by atoms with E-state index in [2.05, 4.69) is 36.4 Å². The maximum atomic E-state index is 11.6. The molecule has 1 fully saturated rings. The van der Waals surface area contributed by atoms with Crippen LogP contribution >= 0.6 is 0 Å². The van der Waals surface area contributed by atoms with E-state index in [9.17, 15) is 15.2 Å². The van der Waals surface area contributed by atoms with Crippen LogP contribution in [0.1, 0.15) is 29.8 Å². The Morgan fingerprint density at radius 2 is 2.13 bits per heavy atom. The number of nitriles is 1. The van der Waals surface area contributed by atoms with Crippen molar-refractivity contribution >= 4 is 29.7 Å². The van der Waals surface area contributed by atoms with Crippen molar-refractivity contribution in [1.82, 2.24) is 15.0 Å². The molecule has 4 rings (SSSR count). The topological polar surface area (TPSA) is 175 Å². The van der Waals surface area contributed by atoms with Gasteiger partial charge in [-0.1, -0.05) is 18.2 Å². The van der Waals surface area contributed by atoms with Crippen molar-refractivity contribution in [3.8, 4) is 17.3 Å². The minimum atomic E-state index is -0.846. The summed E-state index contributed by atoms with van der Waals surface area (Å²) in [6.07, 6.45) is 2.92. The number of ether oxygens (including phenoxy) is 1. The summed E-state index contributed by atoms with van der Waals surface area (Å²) in [5, 5.41) is 25.8. The fourth-order valence-electron chi connectivity index (χ4n) is 4.22. The molecule has 1 atom stereocenters. The van der Waals surface area contributed by atoms with E-state index >= 15 is 0 Å². The lowest BCUT2D eigenvalue weighted by Crippen LogP contribution is -2.36. The fraction of sp³-hybridized carbons (Fsp3) is 0.296. The van der Waals surface area contributed by atoms with Gasteiger partial charge in [0.1, 0.15) is 17.6 Å². The maximum absolute atomic E-state index is 11.6. The number of benzene rings is 1. The quantitative estimate of drug-likeness (QED) is 0.145. The molecule has 0 bridgehead atoms. The third-order valence-corrected chi connectivity index (χ3v) is 6.10. The first kappa shape index (κ1) is 27.2. The number of carboxylic acids is 1. The Balaban J connectivity index is 1.56. The van der Waals surface area contributed by atoms with Gasteiger partial charge in [0.25, 0.3) is 0 Å². The van der Waals surface area contributed by atoms with Crippen LogP contribution in [-0.2, 0) is 16.1 Å². The second-order valence-electron chi connectivity index (χ2n) is 8.74. The Morgan fingerprint density at radius 3 is 2.90 bits per heavy atom. The predicted octanol–water partition coefficient (Wildman–Crippen LogP) is 2.46. The molecule has 1 aromatic carbocycles. The van der Waals surface area contributed by atoms with Crippen molar-refractivity contribution in [1.29, 1.82) is 5.26 Å². The number of carbonyl (C=O) groups is 1. The molecule has 1 aliphatic rings. The minimum absolute atomic E-state index is 0.236. The summed E-state index contributed by atoms with van der Waals surface area (Å²) in [4.78, 5) is 31.6. The van der Waals surface area contributed by atoms with Crippen LogP contribution in [-0.4, -0.2) is 70.8 Å². The predicted molar refractivity (Wildman–Crippen MR) is 148 cm³/mol. The van der Waals surface area contributed by atoms with Crippen LogP contribution in [0.4, 0.5) is 11.8 Å². The van der Waals surface area contributed by atoms with Crippen LogP contribution in [0.5, 0.6) is 0 Å². The number of aliphatic carboxylic acids is 1. The highest BCUT2D eigenvalue weighted by atomic mass is 16.5. The van der Waals surface area contributed by atoms with Gasteiger partial charge >= 0.3 is 5.97 Å². The molecule has 0 unspecified atom stereocenters.